The van der Waals surface area contributed by atoms with Gasteiger partial charge < -0.3 is 4.90 Å². The van der Waals surface area contributed by atoms with Gasteiger partial charge in [0.25, 0.3) is 0 Å². The lowest BCUT2D eigenvalue weighted by Gasteiger charge is -2.28. The van der Waals surface area contributed by atoms with Crippen molar-refractivity contribution in [3.63, 3.8) is 0 Å². The van der Waals surface area contributed by atoms with Crippen molar-refractivity contribution in [1.29, 1.82) is 0 Å². The first kappa shape index (κ1) is 16.9. The van der Waals surface area contributed by atoms with E-state index in [1.807, 2.05) is 39.2 Å². The average Bonchev–Trinajstić information content (AvgIpc) is 2.79. The van der Waals surface area contributed by atoms with E-state index in [4.69, 9.17) is 0 Å². The number of aromatic nitrogens is 2. The highest BCUT2D eigenvalue weighted by Crippen LogP contribution is 2.27. The number of likely N-dealkylation sites (tertiary alicyclic amines) is 1. The van der Waals surface area contributed by atoms with Gasteiger partial charge in [-0.25, -0.2) is 0 Å². The van der Waals surface area contributed by atoms with Crippen LogP contribution in [-0.4, -0.2) is 33.9 Å². The summed E-state index contributed by atoms with van der Waals surface area (Å²) in [6.45, 7) is 7.79. The Balaban J connectivity index is 1.70. The van der Waals surface area contributed by atoms with E-state index in [1.165, 1.54) is 12.0 Å². The van der Waals surface area contributed by atoms with Crippen LogP contribution in [0.25, 0.3) is 10.9 Å². The Morgan fingerprint density at radius 3 is 2.83 bits per heavy atom. The number of pyridine rings is 2. The van der Waals surface area contributed by atoms with Crippen molar-refractivity contribution >= 4 is 16.8 Å². The van der Waals surface area contributed by atoms with Gasteiger partial charge in [-0.15, -0.1) is 0 Å². The summed E-state index contributed by atoms with van der Waals surface area (Å²) >= 11 is 0. The molecule has 4 heteroatoms. The van der Waals surface area contributed by atoms with Crippen LogP contribution in [0.3, 0.4) is 0 Å². The molecule has 1 saturated heterocycles. The highest BCUT2D eigenvalue weighted by Gasteiger charge is 2.29. The summed E-state index contributed by atoms with van der Waals surface area (Å²) in [6, 6.07) is 4.09. The monoisotopic (exact) mass is 325 g/mol. The fraction of sp³-hybridized carbons (Fsp3) is 0.550. The lowest BCUT2D eigenvalue weighted by atomic mass is 9.91. The number of carbonyl (C=O) groups excluding carboxylic acids is 1. The standard InChI is InChI=1S/C20H27N3O/c1-20(2,3)19(24)23-11-4-5-15(8-12-23)13-16-6-10-22-18-7-9-21-14-17(16)18/h6-7,9-10,14-15H,4-5,8,11-13H2,1-3H3/t15-/m1/s1. The summed E-state index contributed by atoms with van der Waals surface area (Å²) in [5, 5.41) is 1.16. The summed E-state index contributed by atoms with van der Waals surface area (Å²) in [4.78, 5) is 23.3. The molecule has 0 saturated carbocycles. The van der Waals surface area contributed by atoms with Gasteiger partial charge in [0.05, 0.1) is 5.52 Å². The van der Waals surface area contributed by atoms with E-state index in [9.17, 15) is 4.79 Å². The minimum Gasteiger partial charge on any atom is -0.342 e. The number of amides is 1. The Morgan fingerprint density at radius 2 is 2.04 bits per heavy atom. The lowest BCUT2D eigenvalue weighted by molar-refractivity contribution is -0.139. The summed E-state index contributed by atoms with van der Waals surface area (Å²) in [5.41, 5.74) is 2.06. The lowest BCUT2D eigenvalue weighted by Crippen LogP contribution is -2.40. The highest BCUT2D eigenvalue weighted by molar-refractivity contribution is 5.81. The minimum absolute atomic E-state index is 0.279. The zero-order valence-corrected chi connectivity index (χ0v) is 15.0. The number of hydrogen-bond donors (Lipinski definition) is 0. The number of rotatable bonds is 2. The van der Waals surface area contributed by atoms with E-state index in [2.05, 4.69) is 20.9 Å². The van der Waals surface area contributed by atoms with Crippen molar-refractivity contribution < 1.29 is 4.79 Å². The molecule has 0 spiro atoms. The summed E-state index contributed by atoms with van der Waals surface area (Å²) < 4.78 is 0. The van der Waals surface area contributed by atoms with Crippen LogP contribution in [0.2, 0.25) is 0 Å². The fourth-order valence-electron chi connectivity index (χ4n) is 3.58. The summed E-state index contributed by atoms with van der Waals surface area (Å²) in [7, 11) is 0. The number of hydrogen-bond acceptors (Lipinski definition) is 3. The van der Waals surface area contributed by atoms with Crippen molar-refractivity contribution in [2.45, 2.75) is 46.5 Å². The molecule has 3 rings (SSSR count). The first-order valence-electron chi connectivity index (χ1n) is 8.92. The third-order valence-corrected chi connectivity index (χ3v) is 4.92. The van der Waals surface area contributed by atoms with Crippen molar-refractivity contribution in [2.75, 3.05) is 13.1 Å². The van der Waals surface area contributed by atoms with Crippen LogP contribution in [0.1, 0.15) is 45.6 Å². The Kier molecular flexibility index (Phi) is 4.83. The van der Waals surface area contributed by atoms with Crippen molar-refractivity contribution in [3.8, 4) is 0 Å². The minimum atomic E-state index is -0.285. The van der Waals surface area contributed by atoms with Gasteiger partial charge in [-0.2, -0.15) is 0 Å². The van der Waals surface area contributed by atoms with E-state index in [1.54, 1.807) is 6.20 Å². The van der Waals surface area contributed by atoms with E-state index in [0.29, 0.717) is 5.92 Å². The van der Waals surface area contributed by atoms with Crippen LogP contribution in [0.5, 0.6) is 0 Å². The maximum absolute atomic E-state index is 12.5. The molecular formula is C20H27N3O. The Bertz CT molecular complexity index is 715. The molecule has 1 amide bonds. The second kappa shape index (κ2) is 6.88. The molecule has 2 aromatic heterocycles. The number of carbonyl (C=O) groups is 1. The molecule has 1 aliphatic rings. The Morgan fingerprint density at radius 1 is 1.21 bits per heavy atom. The zero-order chi connectivity index (χ0) is 17.2. The van der Waals surface area contributed by atoms with Crippen molar-refractivity contribution in [1.82, 2.24) is 14.9 Å². The predicted molar refractivity (Wildman–Crippen MR) is 96.6 cm³/mol. The van der Waals surface area contributed by atoms with Crippen LogP contribution in [0.15, 0.2) is 30.7 Å². The Labute approximate surface area is 144 Å². The molecule has 128 valence electrons. The molecule has 1 atom stereocenters. The number of fused-ring (bicyclic) bond motifs is 1. The van der Waals surface area contributed by atoms with Gasteiger partial charge in [0.2, 0.25) is 5.91 Å². The van der Waals surface area contributed by atoms with E-state index >= 15 is 0 Å². The second-order valence-corrected chi connectivity index (χ2v) is 7.91. The molecule has 2 aromatic rings. The highest BCUT2D eigenvalue weighted by atomic mass is 16.2. The third kappa shape index (κ3) is 3.74. The molecule has 0 aliphatic carbocycles. The molecule has 24 heavy (non-hydrogen) atoms. The van der Waals surface area contributed by atoms with Crippen molar-refractivity contribution in [3.05, 3.63) is 36.3 Å². The van der Waals surface area contributed by atoms with Gasteiger partial charge >= 0.3 is 0 Å². The molecule has 1 aliphatic heterocycles. The summed E-state index contributed by atoms with van der Waals surface area (Å²) in [6.07, 6.45) is 9.99. The molecule has 3 heterocycles. The SMILES string of the molecule is CC(C)(C)C(=O)N1CCC[C@@H](Cc2ccnc3ccncc23)CC1. The zero-order valence-electron chi connectivity index (χ0n) is 15.0. The summed E-state index contributed by atoms with van der Waals surface area (Å²) in [5.74, 6) is 0.898. The van der Waals surface area contributed by atoms with Crippen LogP contribution >= 0.6 is 0 Å². The maximum atomic E-state index is 12.5. The van der Waals surface area contributed by atoms with E-state index in [0.717, 1.165) is 43.3 Å². The molecule has 0 aromatic carbocycles. The van der Waals surface area contributed by atoms with Crippen LogP contribution < -0.4 is 0 Å². The van der Waals surface area contributed by atoms with Crippen LogP contribution in [0.4, 0.5) is 0 Å². The van der Waals surface area contributed by atoms with Crippen molar-refractivity contribution in [2.24, 2.45) is 11.3 Å². The quantitative estimate of drug-likeness (QED) is 0.842. The molecule has 0 unspecified atom stereocenters. The molecule has 0 bridgehead atoms. The average molecular weight is 325 g/mol. The molecule has 0 N–H and O–H groups in total. The van der Waals surface area contributed by atoms with Crippen LogP contribution in [0, 0.1) is 11.3 Å². The van der Waals surface area contributed by atoms with Gasteiger partial charge in [0.1, 0.15) is 0 Å². The van der Waals surface area contributed by atoms with Gasteiger partial charge in [-0.1, -0.05) is 20.8 Å². The van der Waals surface area contributed by atoms with Gasteiger partial charge in [-0.3, -0.25) is 14.8 Å². The first-order valence-corrected chi connectivity index (χ1v) is 8.92. The van der Waals surface area contributed by atoms with Gasteiger partial charge in [0.15, 0.2) is 0 Å². The largest absolute Gasteiger partial charge is 0.342 e. The van der Waals surface area contributed by atoms with E-state index in [-0.39, 0.29) is 11.3 Å². The maximum Gasteiger partial charge on any atom is 0.227 e. The van der Waals surface area contributed by atoms with Gasteiger partial charge in [-0.05, 0) is 49.3 Å². The third-order valence-electron chi connectivity index (χ3n) is 4.92. The molecule has 1 fully saturated rings. The molecular weight excluding hydrogens is 298 g/mol. The second-order valence-electron chi connectivity index (χ2n) is 7.91. The normalized spacial score (nSPS) is 19.3. The molecule has 4 nitrogen and oxygen atoms in total. The van der Waals surface area contributed by atoms with Gasteiger partial charge in [0, 0.05) is 42.5 Å². The number of nitrogens with zero attached hydrogens (tertiary/aromatic N) is 3. The predicted octanol–water partition coefficient (Wildman–Crippen LogP) is 3.85. The fourth-order valence-corrected chi connectivity index (χ4v) is 3.58. The van der Waals surface area contributed by atoms with Crippen LogP contribution in [-0.2, 0) is 11.2 Å². The topological polar surface area (TPSA) is 46.1 Å². The first-order chi connectivity index (χ1) is 11.4. The van der Waals surface area contributed by atoms with E-state index < -0.39 is 0 Å². The Hall–Kier alpha value is -1.97. The smallest absolute Gasteiger partial charge is 0.227 e. The molecule has 0 radical (unpaired) electrons.